The number of likely N-dealkylation sites (tertiary alicyclic amines) is 1. The van der Waals surface area contributed by atoms with Crippen molar-refractivity contribution in [3.63, 3.8) is 0 Å². The number of anilines is 1. The van der Waals surface area contributed by atoms with Crippen LogP contribution in [0.2, 0.25) is 10.0 Å². The van der Waals surface area contributed by atoms with Crippen molar-refractivity contribution in [2.24, 2.45) is 0 Å². The van der Waals surface area contributed by atoms with Gasteiger partial charge in [0, 0.05) is 41.2 Å². The zero-order chi connectivity index (χ0) is 28.2. The molecule has 2 fully saturated rings. The number of carbonyl (C=O) groups excluding carboxylic acids is 2. The fraction of sp³-hybridized carbons (Fsp3) is 0.333. The molecule has 0 bridgehead atoms. The molecule has 6 nitrogen and oxygen atoms in total. The summed E-state index contributed by atoms with van der Waals surface area (Å²) in [5, 5.41) is 6.91. The number of piperidine rings is 2. The van der Waals surface area contributed by atoms with Gasteiger partial charge in [-0.1, -0.05) is 41.4 Å². The molecule has 0 aromatic heterocycles. The van der Waals surface area contributed by atoms with E-state index in [4.69, 9.17) is 27.9 Å². The summed E-state index contributed by atoms with van der Waals surface area (Å²) in [7, 11) is 2.06. The van der Waals surface area contributed by atoms with E-state index in [-0.39, 0.29) is 34.4 Å². The highest BCUT2D eigenvalue weighted by Crippen LogP contribution is 2.59. The number of halogens is 4. The predicted molar refractivity (Wildman–Crippen MR) is 157 cm³/mol. The van der Waals surface area contributed by atoms with Crippen molar-refractivity contribution in [3.05, 3.63) is 91.6 Å². The van der Waals surface area contributed by atoms with Gasteiger partial charge in [0.25, 0.3) is 0 Å². The molecule has 2 N–H and O–H groups in total. The number of fused-ring (bicyclic) bond motifs is 2. The minimum atomic E-state index is -1.41. The molecule has 0 aliphatic carbocycles. The zero-order valence-electron chi connectivity index (χ0n) is 21.6. The summed E-state index contributed by atoms with van der Waals surface area (Å²) in [5.41, 5.74) is 0.579. The second-order valence-electron chi connectivity index (χ2n) is 10.7. The Hall–Kier alpha value is -2.65. The van der Waals surface area contributed by atoms with Gasteiger partial charge in [0.05, 0.1) is 16.1 Å². The largest absolute Gasteiger partial charge is 0.490 e. The average Bonchev–Trinajstić information content (AvgIpc) is 3.20. The molecule has 208 valence electrons. The first-order valence-corrected chi connectivity index (χ1v) is 14.7. The van der Waals surface area contributed by atoms with Gasteiger partial charge in [0.15, 0.2) is 0 Å². The lowest BCUT2D eigenvalue weighted by Crippen LogP contribution is -2.57. The Morgan fingerprint density at radius 1 is 1.05 bits per heavy atom. The second kappa shape index (κ2) is 10.6. The molecular weight excluding hydrogens is 620 g/mol. The van der Waals surface area contributed by atoms with Gasteiger partial charge in [-0.2, -0.15) is 0 Å². The molecule has 0 radical (unpaired) electrons. The standard InChI is InChI=1S/C30H27BrCl2FN3O3/c1-37-11-9-19(10-12-37)40-24-8-7-22(31)27(34)26(24)28-30(20-6-5-18(33)14-23(20)35-29(30)39)21(15-25(38)36-28)16-3-2-4-17(32)13-16/h2-8,13-14,19,21,28H,9-12,15H2,1H3,(H,35,39)(H,36,38)/t21-,28+,30?/m0/s1. The summed E-state index contributed by atoms with van der Waals surface area (Å²) < 4.78 is 23.0. The van der Waals surface area contributed by atoms with E-state index < -0.39 is 23.2 Å². The Morgan fingerprint density at radius 2 is 1.80 bits per heavy atom. The summed E-state index contributed by atoms with van der Waals surface area (Å²) in [6.07, 6.45) is 1.44. The van der Waals surface area contributed by atoms with Crippen LogP contribution < -0.4 is 15.4 Å². The molecule has 3 heterocycles. The Balaban J connectivity index is 1.58. The molecule has 3 aliphatic rings. The number of carbonyl (C=O) groups is 2. The molecule has 1 spiro atoms. The lowest BCUT2D eigenvalue weighted by molar-refractivity contribution is -0.131. The molecule has 2 amide bonds. The second-order valence-corrected chi connectivity index (χ2v) is 12.4. The van der Waals surface area contributed by atoms with E-state index in [2.05, 4.69) is 38.5 Å². The number of nitrogens with one attached hydrogen (secondary N) is 2. The molecule has 3 aromatic rings. The number of hydrogen-bond acceptors (Lipinski definition) is 4. The van der Waals surface area contributed by atoms with Crippen molar-refractivity contribution in [2.75, 3.05) is 25.5 Å². The van der Waals surface area contributed by atoms with Crippen molar-refractivity contribution in [1.82, 2.24) is 10.2 Å². The SMILES string of the molecule is CN1CCC(Oc2ccc(Br)c(F)c2[C@H]2NC(=O)C[C@@H](c3cccc(Cl)c3)C23C(=O)Nc2cc(Cl)ccc23)CC1. The Morgan fingerprint density at radius 3 is 2.55 bits per heavy atom. The average molecular weight is 647 g/mol. The van der Waals surface area contributed by atoms with Crippen LogP contribution in [-0.4, -0.2) is 43.0 Å². The number of hydrogen-bond donors (Lipinski definition) is 2. The fourth-order valence-corrected chi connectivity index (χ4v) is 7.17. The summed E-state index contributed by atoms with van der Waals surface area (Å²) in [6, 6.07) is 14.5. The topological polar surface area (TPSA) is 70.7 Å². The van der Waals surface area contributed by atoms with E-state index in [9.17, 15) is 9.59 Å². The van der Waals surface area contributed by atoms with Crippen LogP contribution in [0.15, 0.2) is 59.1 Å². The van der Waals surface area contributed by atoms with E-state index in [1.165, 1.54) is 0 Å². The van der Waals surface area contributed by atoms with Crippen molar-refractivity contribution in [2.45, 2.75) is 42.7 Å². The molecular formula is C30H27BrCl2FN3O3. The molecule has 3 aromatic carbocycles. The summed E-state index contributed by atoms with van der Waals surface area (Å²) in [5.74, 6) is -1.59. The fourth-order valence-electron chi connectivity index (χ4n) is 6.45. The van der Waals surface area contributed by atoms with Crippen LogP contribution in [0, 0.1) is 5.82 Å². The van der Waals surface area contributed by atoms with Gasteiger partial charge in [-0.15, -0.1) is 0 Å². The third kappa shape index (κ3) is 4.59. The Labute approximate surface area is 250 Å². The van der Waals surface area contributed by atoms with Gasteiger partial charge < -0.3 is 20.3 Å². The minimum absolute atomic E-state index is 0.00704. The highest BCUT2D eigenvalue weighted by atomic mass is 79.9. The van der Waals surface area contributed by atoms with Crippen LogP contribution in [0.5, 0.6) is 5.75 Å². The first-order chi connectivity index (χ1) is 19.2. The normalized spacial score (nSPS) is 25.0. The van der Waals surface area contributed by atoms with Crippen LogP contribution in [-0.2, 0) is 15.0 Å². The highest BCUT2D eigenvalue weighted by Gasteiger charge is 2.62. The van der Waals surface area contributed by atoms with E-state index >= 15 is 4.39 Å². The van der Waals surface area contributed by atoms with Gasteiger partial charge in [-0.3, -0.25) is 9.59 Å². The van der Waals surface area contributed by atoms with Crippen LogP contribution >= 0.6 is 39.1 Å². The van der Waals surface area contributed by atoms with E-state index in [1.807, 2.05) is 6.07 Å². The quantitative estimate of drug-likeness (QED) is 0.335. The first-order valence-electron chi connectivity index (χ1n) is 13.2. The maximum absolute atomic E-state index is 16.3. The molecule has 3 atom stereocenters. The lowest BCUT2D eigenvalue weighted by Gasteiger charge is -2.47. The van der Waals surface area contributed by atoms with Crippen LogP contribution in [0.3, 0.4) is 0 Å². The minimum Gasteiger partial charge on any atom is -0.490 e. The number of rotatable bonds is 4. The van der Waals surface area contributed by atoms with Gasteiger partial charge in [-0.05, 0) is 83.3 Å². The number of benzene rings is 3. The summed E-state index contributed by atoms with van der Waals surface area (Å²) in [6.45, 7) is 1.72. The summed E-state index contributed by atoms with van der Waals surface area (Å²) >= 11 is 16.0. The van der Waals surface area contributed by atoms with Crippen LogP contribution in [0.25, 0.3) is 0 Å². The molecule has 6 rings (SSSR count). The predicted octanol–water partition coefficient (Wildman–Crippen LogP) is 6.60. The molecule has 40 heavy (non-hydrogen) atoms. The van der Waals surface area contributed by atoms with Crippen molar-refractivity contribution < 1.29 is 18.7 Å². The van der Waals surface area contributed by atoms with Crippen LogP contribution in [0.1, 0.15) is 47.9 Å². The van der Waals surface area contributed by atoms with Gasteiger partial charge in [-0.25, -0.2) is 4.39 Å². The van der Waals surface area contributed by atoms with E-state index in [1.54, 1.807) is 48.5 Å². The number of ether oxygens (including phenoxy) is 1. The van der Waals surface area contributed by atoms with E-state index in [0.29, 0.717) is 32.6 Å². The maximum Gasteiger partial charge on any atom is 0.238 e. The molecule has 3 aliphatic heterocycles. The lowest BCUT2D eigenvalue weighted by atomic mass is 9.59. The van der Waals surface area contributed by atoms with Gasteiger partial charge in [0.1, 0.15) is 23.1 Å². The Kier molecular flexibility index (Phi) is 7.32. The van der Waals surface area contributed by atoms with Crippen LogP contribution in [0.4, 0.5) is 10.1 Å². The summed E-state index contributed by atoms with van der Waals surface area (Å²) in [4.78, 5) is 29.9. The zero-order valence-corrected chi connectivity index (χ0v) is 24.7. The maximum atomic E-state index is 16.3. The first kappa shape index (κ1) is 27.5. The molecule has 0 saturated carbocycles. The molecule has 2 saturated heterocycles. The number of nitrogens with zero attached hydrogens (tertiary/aromatic N) is 1. The smallest absolute Gasteiger partial charge is 0.238 e. The van der Waals surface area contributed by atoms with Crippen molar-refractivity contribution in [3.8, 4) is 5.75 Å². The van der Waals surface area contributed by atoms with Gasteiger partial charge in [0.2, 0.25) is 11.8 Å². The monoisotopic (exact) mass is 645 g/mol. The van der Waals surface area contributed by atoms with E-state index in [0.717, 1.165) is 25.9 Å². The van der Waals surface area contributed by atoms with Crippen molar-refractivity contribution >= 4 is 56.6 Å². The molecule has 1 unspecified atom stereocenters. The number of amides is 2. The van der Waals surface area contributed by atoms with Gasteiger partial charge >= 0.3 is 0 Å². The highest BCUT2D eigenvalue weighted by molar-refractivity contribution is 9.10. The van der Waals surface area contributed by atoms with Crippen molar-refractivity contribution in [1.29, 1.82) is 0 Å². The third-order valence-electron chi connectivity index (χ3n) is 8.34. The molecule has 10 heteroatoms. The third-order valence-corrected chi connectivity index (χ3v) is 9.43. The Bertz CT molecular complexity index is 1510.